The molecule has 3 N–H and O–H groups in total. The second kappa shape index (κ2) is 9.40. The van der Waals surface area contributed by atoms with E-state index in [1.165, 1.54) is 18.2 Å². The van der Waals surface area contributed by atoms with Crippen LogP contribution in [0.5, 0.6) is 0 Å². The van der Waals surface area contributed by atoms with Crippen LogP contribution in [0.1, 0.15) is 47.8 Å². The predicted octanol–water partition coefficient (Wildman–Crippen LogP) is 4.90. The average molecular weight is 552 g/mol. The van der Waals surface area contributed by atoms with E-state index in [0.717, 1.165) is 22.3 Å². The fourth-order valence-electron chi connectivity index (χ4n) is 6.35. The topological polar surface area (TPSA) is 107 Å². The number of anilines is 3. The molecule has 0 radical (unpaired) electrons. The summed E-state index contributed by atoms with van der Waals surface area (Å²) in [6.45, 7) is 10.0. The fraction of sp³-hybridized carbons (Fsp3) is 0.250. The van der Waals surface area contributed by atoms with Gasteiger partial charge in [0.25, 0.3) is 5.91 Å². The molecule has 3 aromatic rings. The Kier molecular flexibility index (Phi) is 6.06. The molecule has 1 aromatic heterocycles. The number of fused-ring (bicyclic) bond motifs is 2. The van der Waals surface area contributed by atoms with E-state index in [1.807, 2.05) is 32.0 Å². The van der Waals surface area contributed by atoms with Gasteiger partial charge in [-0.15, -0.1) is 0 Å². The van der Waals surface area contributed by atoms with Crippen molar-refractivity contribution < 1.29 is 14.0 Å². The number of hydrogen-bond acceptors (Lipinski definition) is 5. The highest BCUT2D eigenvalue weighted by Gasteiger charge is 2.51. The van der Waals surface area contributed by atoms with Crippen LogP contribution in [0.2, 0.25) is 0 Å². The van der Waals surface area contributed by atoms with Gasteiger partial charge in [0, 0.05) is 46.8 Å². The highest BCUT2D eigenvalue weighted by Crippen LogP contribution is 2.48. The summed E-state index contributed by atoms with van der Waals surface area (Å²) in [7, 11) is 0. The monoisotopic (exact) mass is 551 g/mol. The van der Waals surface area contributed by atoms with Crippen LogP contribution in [0.4, 0.5) is 21.6 Å². The van der Waals surface area contributed by atoms with E-state index < -0.39 is 16.4 Å². The Labute approximate surface area is 236 Å². The van der Waals surface area contributed by atoms with E-state index in [0.29, 0.717) is 42.4 Å². The Morgan fingerprint density at radius 1 is 1.10 bits per heavy atom. The Morgan fingerprint density at radius 2 is 1.88 bits per heavy atom. The van der Waals surface area contributed by atoms with Gasteiger partial charge in [0.2, 0.25) is 11.5 Å². The molecule has 6 rings (SSSR count). The molecular formula is C32H30FN5O3. The van der Waals surface area contributed by atoms with Gasteiger partial charge in [-0.3, -0.25) is 14.4 Å². The van der Waals surface area contributed by atoms with Gasteiger partial charge < -0.3 is 20.5 Å². The van der Waals surface area contributed by atoms with Crippen molar-refractivity contribution in [2.75, 3.05) is 16.8 Å². The minimum absolute atomic E-state index is 0.0938. The Hall–Kier alpha value is -4.79. The van der Waals surface area contributed by atoms with Crippen molar-refractivity contribution in [3.8, 4) is 0 Å². The molecule has 2 aliphatic heterocycles. The van der Waals surface area contributed by atoms with Crippen LogP contribution >= 0.6 is 0 Å². The number of aromatic amines is 1. The van der Waals surface area contributed by atoms with Gasteiger partial charge in [0.15, 0.2) is 0 Å². The normalized spacial score (nSPS) is 20.5. The molecule has 2 amide bonds. The first kappa shape index (κ1) is 26.4. The molecule has 41 heavy (non-hydrogen) atoms. The maximum absolute atomic E-state index is 14.0. The third-order valence-corrected chi connectivity index (χ3v) is 8.24. The van der Waals surface area contributed by atoms with Crippen LogP contribution in [0.15, 0.2) is 82.4 Å². The van der Waals surface area contributed by atoms with Gasteiger partial charge in [0.1, 0.15) is 17.5 Å². The van der Waals surface area contributed by atoms with Crippen molar-refractivity contribution in [1.29, 1.82) is 0 Å². The minimum atomic E-state index is -0.756. The van der Waals surface area contributed by atoms with Gasteiger partial charge in [-0.05, 0) is 72.9 Å². The quantitative estimate of drug-likeness (QED) is 0.392. The molecule has 0 fully saturated rings. The van der Waals surface area contributed by atoms with Crippen LogP contribution in [0, 0.1) is 11.2 Å². The lowest BCUT2D eigenvalue weighted by Gasteiger charge is -2.21. The molecule has 1 unspecified atom stereocenters. The zero-order valence-corrected chi connectivity index (χ0v) is 23.1. The lowest BCUT2D eigenvalue weighted by molar-refractivity contribution is -0.126. The number of halogens is 1. The molecule has 0 saturated carbocycles. The third-order valence-electron chi connectivity index (χ3n) is 8.24. The summed E-state index contributed by atoms with van der Waals surface area (Å²) in [5, 5.41) is 6.12. The number of carbonyl (C=O) groups excluding carboxylic acids is 2. The molecule has 1 spiro atoms. The Morgan fingerprint density at radius 3 is 2.63 bits per heavy atom. The summed E-state index contributed by atoms with van der Waals surface area (Å²) in [6, 6.07) is 13.1. The summed E-state index contributed by atoms with van der Waals surface area (Å²) in [4.78, 5) is 48.0. The van der Waals surface area contributed by atoms with E-state index >= 15 is 0 Å². The molecule has 0 saturated heterocycles. The summed E-state index contributed by atoms with van der Waals surface area (Å²) in [6.07, 6.45) is 4.38. The second-order valence-corrected chi connectivity index (χ2v) is 11.4. The molecular weight excluding hydrogens is 521 g/mol. The lowest BCUT2D eigenvalue weighted by atomic mass is 9.78. The van der Waals surface area contributed by atoms with Crippen molar-refractivity contribution in [1.82, 2.24) is 10.3 Å². The first-order valence-corrected chi connectivity index (χ1v) is 13.5. The number of amides is 2. The van der Waals surface area contributed by atoms with Crippen molar-refractivity contribution >= 4 is 35.2 Å². The summed E-state index contributed by atoms with van der Waals surface area (Å²) in [5.41, 5.74) is 3.55. The number of benzene rings is 2. The first-order chi connectivity index (χ1) is 19.5. The Balaban J connectivity index is 1.27. The standard InChI is InChI=1S/C32H30FN5O3/c1-5-23-28(34-6-2)37-30(41)32(23)15-18-7-9-22(11-20(18)16-32)35-26-12-19(13-27(39)36-26)29(40)38-17-31(3,4)24-14-21(33)8-10-25(24)38/h5-14H,1,15-17H2,2-4H3,(H,37,41)(H2,35,36,39)/b34-6-. The zero-order chi connectivity index (χ0) is 29.1. The van der Waals surface area contributed by atoms with Crippen molar-refractivity contribution in [3.05, 3.63) is 111 Å². The molecule has 3 aliphatic rings. The summed E-state index contributed by atoms with van der Waals surface area (Å²) >= 11 is 0. The molecule has 1 atom stereocenters. The molecule has 208 valence electrons. The molecule has 1 aliphatic carbocycles. The lowest BCUT2D eigenvalue weighted by Crippen LogP contribution is -2.34. The van der Waals surface area contributed by atoms with Gasteiger partial charge in [-0.1, -0.05) is 32.6 Å². The maximum Gasteiger partial charge on any atom is 0.258 e. The highest BCUT2D eigenvalue weighted by atomic mass is 19.1. The number of nitrogens with one attached hydrogen (secondary N) is 3. The van der Waals surface area contributed by atoms with Gasteiger partial charge in [-0.25, -0.2) is 9.38 Å². The van der Waals surface area contributed by atoms with Crippen LogP contribution in [0.25, 0.3) is 0 Å². The molecule has 9 heteroatoms. The SMILES string of the molecule is C=CC1=C(/N=C\C)NC(=O)C12Cc1ccc(Nc3cc(C(=O)N4CC(C)(C)c5cc(F)ccc54)cc(=O)[nH]3)cc1C2. The fourth-order valence-corrected chi connectivity index (χ4v) is 6.35. The summed E-state index contributed by atoms with van der Waals surface area (Å²) in [5.74, 6) is 0.107. The van der Waals surface area contributed by atoms with E-state index in [-0.39, 0.29) is 23.2 Å². The highest BCUT2D eigenvalue weighted by molar-refractivity contribution is 6.08. The Bertz CT molecular complexity index is 1770. The third kappa shape index (κ3) is 4.28. The molecule has 3 heterocycles. The number of pyridine rings is 1. The van der Waals surface area contributed by atoms with Gasteiger partial charge in [-0.2, -0.15) is 0 Å². The summed E-state index contributed by atoms with van der Waals surface area (Å²) < 4.78 is 14.0. The second-order valence-electron chi connectivity index (χ2n) is 11.4. The number of hydrogen-bond donors (Lipinski definition) is 3. The molecule has 2 aromatic carbocycles. The van der Waals surface area contributed by atoms with Crippen molar-refractivity contribution in [2.45, 2.75) is 39.0 Å². The number of carbonyl (C=O) groups is 2. The number of H-pyrrole nitrogens is 1. The van der Waals surface area contributed by atoms with Crippen molar-refractivity contribution in [2.24, 2.45) is 10.4 Å². The number of rotatable bonds is 5. The van der Waals surface area contributed by atoms with Gasteiger partial charge >= 0.3 is 0 Å². The number of aromatic nitrogens is 1. The van der Waals surface area contributed by atoms with E-state index in [2.05, 4.69) is 27.2 Å². The number of nitrogens with zero attached hydrogens (tertiary/aromatic N) is 2. The van der Waals surface area contributed by atoms with E-state index in [4.69, 9.17) is 0 Å². The van der Waals surface area contributed by atoms with Crippen LogP contribution < -0.4 is 21.1 Å². The molecule has 8 nitrogen and oxygen atoms in total. The van der Waals surface area contributed by atoms with Crippen molar-refractivity contribution in [3.63, 3.8) is 0 Å². The minimum Gasteiger partial charge on any atom is -0.342 e. The smallest absolute Gasteiger partial charge is 0.258 e. The number of aliphatic imine (C=N–C) groups is 1. The van der Waals surface area contributed by atoms with Crippen LogP contribution in [-0.2, 0) is 23.1 Å². The maximum atomic E-state index is 14.0. The van der Waals surface area contributed by atoms with Crippen LogP contribution in [-0.4, -0.2) is 29.6 Å². The van der Waals surface area contributed by atoms with Gasteiger partial charge in [0.05, 0.1) is 5.41 Å². The predicted molar refractivity (Wildman–Crippen MR) is 157 cm³/mol. The largest absolute Gasteiger partial charge is 0.342 e. The zero-order valence-electron chi connectivity index (χ0n) is 23.1. The van der Waals surface area contributed by atoms with E-state index in [9.17, 15) is 18.8 Å². The first-order valence-electron chi connectivity index (χ1n) is 13.5. The average Bonchev–Trinajstić information content (AvgIpc) is 3.51. The molecule has 0 bridgehead atoms. The van der Waals surface area contributed by atoms with E-state index in [1.54, 1.807) is 36.2 Å². The number of allylic oxidation sites excluding steroid dienone is 1. The van der Waals surface area contributed by atoms with Crippen LogP contribution in [0.3, 0.4) is 0 Å².